The molecule has 0 radical (unpaired) electrons. The van der Waals surface area contributed by atoms with Crippen molar-refractivity contribution in [2.24, 2.45) is 0 Å². The van der Waals surface area contributed by atoms with Crippen LogP contribution in [0.2, 0.25) is 0 Å². The number of nitrogens with zero attached hydrogens (tertiary/aromatic N) is 1. The van der Waals surface area contributed by atoms with Gasteiger partial charge in [-0.3, -0.25) is 4.98 Å². The number of allylic oxidation sites excluding steroid dienone is 1. The summed E-state index contributed by atoms with van der Waals surface area (Å²) in [6, 6.07) is 8.32. The Bertz CT molecular complexity index is 734. The maximum Gasteiger partial charge on any atom is 0.349 e. The first kappa shape index (κ1) is 20.2. The molecular formula is C18H18ClNO5. The van der Waals surface area contributed by atoms with Crippen molar-refractivity contribution in [3.05, 3.63) is 66.5 Å². The molecule has 0 bridgehead atoms. The van der Waals surface area contributed by atoms with Crippen molar-refractivity contribution in [1.29, 1.82) is 0 Å². The van der Waals surface area contributed by atoms with Crippen LogP contribution in [0.15, 0.2) is 55.4 Å². The van der Waals surface area contributed by atoms with Crippen molar-refractivity contribution in [3.63, 3.8) is 0 Å². The predicted molar refractivity (Wildman–Crippen MR) is 94.3 cm³/mol. The molecule has 0 aliphatic heterocycles. The van der Waals surface area contributed by atoms with Gasteiger partial charge >= 0.3 is 11.9 Å². The number of rotatable bonds is 7. The maximum atomic E-state index is 11.8. The molecule has 0 spiro atoms. The second-order valence-electron chi connectivity index (χ2n) is 4.77. The standard InChI is InChI=1S/C18H17NO5.ClH/c1-3-5-13-7-8-15(16(10-13)22-2)24-17(20)12-23-18(21)14-6-4-9-19-11-14;/h3-4,6-11H,1,5,12H2,2H3;1H. The Morgan fingerprint density at radius 1 is 1.24 bits per heavy atom. The Balaban J connectivity index is 0.00000312. The number of ether oxygens (including phenoxy) is 3. The topological polar surface area (TPSA) is 74.7 Å². The highest BCUT2D eigenvalue weighted by Gasteiger charge is 2.14. The molecule has 0 atom stereocenters. The zero-order chi connectivity index (χ0) is 17.4. The molecule has 0 fully saturated rings. The van der Waals surface area contributed by atoms with Gasteiger partial charge in [0.15, 0.2) is 18.1 Å². The average molecular weight is 364 g/mol. The molecule has 1 heterocycles. The summed E-state index contributed by atoms with van der Waals surface area (Å²) >= 11 is 0. The lowest BCUT2D eigenvalue weighted by Gasteiger charge is -2.10. The zero-order valence-electron chi connectivity index (χ0n) is 13.6. The molecule has 0 unspecified atom stereocenters. The molecule has 0 aliphatic carbocycles. The van der Waals surface area contributed by atoms with Crippen LogP contribution in [0, 0.1) is 0 Å². The molecule has 0 N–H and O–H groups in total. The molecule has 25 heavy (non-hydrogen) atoms. The SMILES string of the molecule is C=CCc1ccc(OC(=O)COC(=O)c2cccnc2)c(OC)c1.Cl. The van der Waals surface area contributed by atoms with Crippen LogP contribution in [0.4, 0.5) is 0 Å². The molecule has 132 valence electrons. The molecule has 0 saturated heterocycles. The van der Waals surface area contributed by atoms with Crippen LogP contribution in [0.25, 0.3) is 0 Å². The lowest BCUT2D eigenvalue weighted by atomic mass is 10.1. The van der Waals surface area contributed by atoms with Gasteiger partial charge in [-0.05, 0) is 36.2 Å². The number of halogens is 1. The van der Waals surface area contributed by atoms with E-state index in [0.29, 0.717) is 12.2 Å². The Hall–Kier alpha value is -2.86. The summed E-state index contributed by atoms with van der Waals surface area (Å²) in [6.45, 7) is 3.16. The van der Waals surface area contributed by atoms with E-state index in [9.17, 15) is 9.59 Å². The van der Waals surface area contributed by atoms with E-state index in [2.05, 4.69) is 11.6 Å². The van der Waals surface area contributed by atoms with Crippen LogP contribution in [-0.2, 0) is 16.0 Å². The minimum atomic E-state index is -0.706. The van der Waals surface area contributed by atoms with E-state index in [1.54, 1.807) is 36.4 Å². The van der Waals surface area contributed by atoms with Gasteiger partial charge in [0, 0.05) is 12.4 Å². The first-order chi connectivity index (χ1) is 11.6. The summed E-state index contributed by atoms with van der Waals surface area (Å²) in [5.74, 6) is -0.676. The fraction of sp³-hybridized carbons (Fsp3) is 0.167. The van der Waals surface area contributed by atoms with Crippen molar-refractivity contribution in [3.8, 4) is 11.5 Å². The van der Waals surface area contributed by atoms with Crippen LogP contribution in [-0.4, -0.2) is 30.6 Å². The fourth-order valence-electron chi connectivity index (χ4n) is 1.93. The third-order valence-electron chi connectivity index (χ3n) is 3.05. The number of pyridine rings is 1. The fourth-order valence-corrected chi connectivity index (χ4v) is 1.93. The number of methoxy groups -OCH3 is 1. The quantitative estimate of drug-likeness (QED) is 0.427. The van der Waals surface area contributed by atoms with Crippen LogP contribution in [0.5, 0.6) is 11.5 Å². The lowest BCUT2D eigenvalue weighted by Crippen LogP contribution is -2.19. The van der Waals surface area contributed by atoms with Gasteiger partial charge in [-0.15, -0.1) is 19.0 Å². The highest BCUT2D eigenvalue weighted by Crippen LogP contribution is 2.28. The third kappa shape index (κ3) is 5.93. The molecule has 1 aromatic heterocycles. The maximum absolute atomic E-state index is 11.8. The monoisotopic (exact) mass is 363 g/mol. The molecule has 2 aromatic rings. The predicted octanol–water partition coefficient (Wildman–Crippen LogP) is 3.00. The van der Waals surface area contributed by atoms with Gasteiger partial charge in [-0.1, -0.05) is 12.1 Å². The summed E-state index contributed by atoms with van der Waals surface area (Å²) in [7, 11) is 1.48. The Kier molecular flexibility index (Phi) is 8.15. The average Bonchev–Trinajstić information content (AvgIpc) is 2.62. The molecule has 6 nitrogen and oxygen atoms in total. The minimum Gasteiger partial charge on any atom is -0.493 e. The number of aromatic nitrogens is 1. The van der Waals surface area contributed by atoms with Crippen molar-refractivity contribution < 1.29 is 23.8 Å². The van der Waals surface area contributed by atoms with Crippen LogP contribution < -0.4 is 9.47 Å². The summed E-state index contributed by atoms with van der Waals surface area (Å²) in [5, 5.41) is 0. The van der Waals surface area contributed by atoms with Gasteiger partial charge in [-0.25, -0.2) is 9.59 Å². The normalized spacial score (nSPS) is 9.48. The van der Waals surface area contributed by atoms with E-state index in [0.717, 1.165) is 5.56 Å². The Morgan fingerprint density at radius 3 is 2.68 bits per heavy atom. The van der Waals surface area contributed by atoms with Gasteiger partial charge in [0.25, 0.3) is 0 Å². The largest absolute Gasteiger partial charge is 0.493 e. The van der Waals surface area contributed by atoms with E-state index in [4.69, 9.17) is 14.2 Å². The minimum absolute atomic E-state index is 0. The molecule has 0 aliphatic rings. The molecular weight excluding hydrogens is 346 g/mol. The van der Waals surface area contributed by atoms with E-state index in [-0.39, 0.29) is 23.7 Å². The molecule has 0 amide bonds. The second-order valence-corrected chi connectivity index (χ2v) is 4.77. The summed E-state index contributed by atoms with van der Waals surface area (Å²) in [6.07, 6.45) is 5.33. The number of esters is 2. The molecule has 7 heteroatoms. The van der Waals surface area contributed by atoms with E-state index >= 15 is 0 Å². The van der Waals surface area contributed by atoms with Crippen LogP contribution in [0.1, 0.15) is 15.9 Å². The molecule has 1 aromatic carbocycles. The zero-order valence-corrected chi connectivity index (χ0v) is 14.5. The van der Waals surface area contributed by atoms with E-state index < -0.39 is 18.5 Å². The second kappa shape index (κ2) is 10.1. The van der Waals surface area contributed by atoms with Crippen molar-refractivity contribution in [2.75, 3.05) is 13.7 Å². The van der Waals surface area contributed by atoms with Crippen molar-refractivity contribution >= 4 is 24.3 Å². The first-order valence-electron chi connectivity index (χ1n) is 7.19. The Morgan fingerprint density at radius 2 is 2.04 bits per heavy atom. The Labute approximate surface area is 151 Å². The highest BCUT2D eigenvalue weighted by molar-refractivity contribution is 5.90. The van der Waals surface area contributed by atoms with E-state index in [1.807, 2.05) is 0 Å². The number of carbonyl (C=O) groups excluding carboxylic acids is 2. The number of hydrogen-bond donors (Lipinski definition) is 0. The van der Waals surface area contributed by atoms with Gasteiger partial charge < -0.3 is 14.2 Å². The van der Waals surface area contributed by atoms with Crippen molar-refractivity contribution in [1.82, 2.24) is 4.98 Å². The highest BCUT2D eigenvalue weighted by atomic mass is 35.5. The first-order valence-corrected chi connectivity index (χ1v) is 7.19. The van der Waals surface area contributed by atoms with Gasteiger partial charge in [-0.2, -0.15) is 0 Å². The summed E-state index contributed by atoms with van der Waals surface area (Å²) in [5.41, 5.74) is 1.24. The number of hydrogen-bond acceptors (Lipinski definition) is 6. The third-order valence-corrected chi connectivity index (χ3v) is 3.05. The summed E-state index contributed by atoms with van der Waals surface area (Å²) < 4.78 is 15.3. The smallest absolute Gasteiger partial charge is 0.349 e. The van der Waals surface area contributed by atoms with Gasteiger partial charge in [0.1, 0.15) is 0 Å². The van der Waals surface area contributed by atoms with Crippen molar-refractivity contribution in [2.45, 2.75) is 6.42 Å². The number of carbonyl (C=O) groups is 2. The van der Waals surface area contributed by atoms with Crippen LogP contribution in [0.3, 0.4) is 0 Å². The lowest BCUT2D eigenvalue weighted by molar-refractivity contribution is -0.137. The molecule has 2 rings (SSSR count). The summed E-state index contributed by atoms with van der Waals surface area (Å²) in [4.78, 5) is 27.4. The molecule has 0 saturated carbocycles. The van der Waals surface area contributed by atoms with Crippen LogP contribution >= 0.6 is 12.4 Å². The van der Waals surface area contributed by atoms with Gasteiger partial charge in [0.2, 0.25) is 0 Å². The van der Waals surface area contributed by atoms with E-state index in [1.165, 1.54) is 19.5 Å². The number of benzene rings is 1. The van der Waals surface area contributed by atoms with Gasteiger partial charge in [0.05, 0.1) is 12.7 Å².